The molecular formula is C18H24N4OS. The number of aromatic nitrogens is 2. The normalized spacial score (nSPS) is 32.3. The molecule has 1 aromatic heterocycles. The fourth-order valence-corrected chi connectivity index (χ4v) is 5.74. The molecule has 4 atom stereocenters. The number of hydrogen-bond acceptors (Lipinski definition) is 5. The Morgan fingerprint density at radius 2 is 2.04 bits per heavy atom. The maximum Gasteiger partial charge on any atom is 0.250 e. The van der Waals surface area contributed by atoms with E-state index in [2.05, 4.69) is 20.5 Å². The summed E-state index contributed by atoms with van der Waals surface area (Å²) in [5.74, 6) is 3.49. The average Bonchev–Trinajstić information content (AvgIpc) is 3.22. The van der Waals surface area contributed by atoms with Crippen molar-refractivity contribution in [3.63, 3.8) is 0 Å². The fraction of sp³-hybridized carbons (Fsp3) is 0.667. The van der Waals surface area contributed by atoms with Gasteiger partial charge in [-0.3, -0.25) is 4.79 Å². The molecule has 24 heavy (non-hydrogen) atoms. The second-order valence-electron chi connectivity index (χ2n) is 7.43. The summed E-state index contributed by atoms with van der Waals surface area (Å²) in [5.41, 5.74) is 5.86. The van der Waals surface area contributed by atoms with Crippen LogP contribution in [0.15, 0.2) is 16.3 Å². The first kappa shape index (κ1) is 16.1. The summed E-state index contributed by atoms with van der Waals surface area (Å²) in [5, 5.41) is 5.13. The second kappa shape index (κ2) is 6.47. The highest BCUT2D eigenvalue weighted by Gasteiger charge is 2.52. The molecule has 3 aliphatic rings. The van der Waals surface area contributed by atoms with Gasteiger partial charge in [0.15, 0.2) is 5.16 Å². The largest absolute Gasteiger partial charge is 0.272 e. The van der Waals surface area contributed by atoms with E-state index in [0.29, 0.717) is 16.8 Å². The number of carbonyl (C=O) groups is 1. The lowest BCUT2D eigenvalue weighted by Crippen LogP contribution is -2.28. The lowest BCUT2D eigenvalue weighted by Gasteiger charge is -2.25. The van der Waals surface area contributed by atoms with Gasteiger partial charge in [-0.25, -0.2) is 15.4 Å². The molecule has 0 radical (unpaired) electrons. The lowest BCUT2D eigenvalue weighted by atomic mass is 9.81. The van der Waals surface area contributed by atoms with Crippen LogP contribution >= 0.6 is 11.8 Å². The Morgan fingerprint density at radius 3 is 2.83 bits per heavy atom. The molecule has 1 amide bonds. The minimum Gasteiger partial charge on any atom is -0.272 e. The molecule has 0 saturated heterocycles. The zero-order valence-electron chi connectivity index (χ0n) is 14.3. The minimum atomic E-state index is -0.0685. The molecule has 3 saturated carbocycles. The molecule has 1 heterocycles. The number of aryl methyl sites for hydroxylation is 2. The van der Waals surface area contributed by atoms with Gasteiger partial charge in [-0.2, -0.15) is 5.10 Å². The maximum absolute atomic E-state index is 12.1. The van der Waals surface area contributed by atoms with Crippen LogP contribution in [0.5, 0.6) is 0 Å². The van der Waals surface area contributed by atoms with Crippen molar-refractivity contribution in [3.05, 3.63) is 17.5 Å². The maximum atomic E-state index is 12.1. The Kier molecular flexibility index (Phi) is 4.33. The van der Waals surface area contributed by atoms with Gasteiger partial charge >= 0.3 is 0 Å². The molecule has 128 valence electrons. The Hall–Kier alpha value is -1.43. The number of fused-ring (bicyclic) bond motifs is 5. The number of hydrogen-bond donors (Lipinski definition) is 1. The molecule has 0 spiro atoms. The monoisotopic (exact) mass is 344 g/mol. The van der Waals surface area contributed by atoms with Crippen LogP contribution in [-0.4, -0.2) is 27.3 Å². The summed E-state index contributed by atoms with van der Waals surface area (Å²) >= 11 is 1.37. The first-order valence-electron chi connectivity index (χ1n) is 8.90. The van der Waals surface area contributed by atoms with Gasteiger partial charge in [0.25, 0.3) is 5.91 Å². The topological polar surface area (TPSA) is 67.2 Å². The molecule has 5 nitrogen and oxygen atoms in total. The predicted molar refractivity (Wildman–Crippen MR) is 94.9 cm³/mol. The third kappa shape index (κ3) is 3.08. The molecule has 4 rings (SSSR count). The standard InChI is InChI=1S/C18H24N4OS/c1-10-6-11(2)20-18(19-10)24-9-17(23)22-21-16-8-12-7-15(16)14-5-3-4-13(12)14/h6,12-15H,3-5,7-9H2,1-2H3,(H,22,23)/b21-16+. The van der Waals surface area contributed by atoms with Crippen LogP contribution in [0.3, 0.4) is 0 Å². The fourth-order valence-electron chi connectivity index (χ4n) is 5.00. The minimum absolute atomic E-state index is 0.0685. The van der Waals surface area contributed by atoms with E-state index in [-0.39, 0.29) is 5.91 Å². The summed E-state index contributed by atoms with van der Waals surface area (Å²) in [7, 11) is 0. The predicted octanol–water partition coefficient (Wildman–Crippen LogP) is 3.11. The van der Waals surface area contributed by atoms with E-state index >= 15 is 0 Å². The van der Waals surface area contributed by atoms with Gasteiger partial charge in [0, 0.05) is 23.0 Å². The SMILES string of the molecule is Cc1cc(C)nc(SCC(=O)N/N=C2\CC3CC2C2CCCC32)n1. The van der Waals surface area contributed by atoms with Gasteiger partial charge in [-0.1, -0.05) is 18.2 Å². The number of carbonyl (C=O) groups excluding carboxylic acids is 1. The number of hydrazone groups is 1. The van der Waals surface area contributed by atoms with Crippen molar-refractivity contribution in [2.75, 3.05) is 5.75 Å². The van der Waals surface area contributed by atoms with Crippen molar-refractivity contribution in [3.8, 4) is 0 Å². The van der Waals surface area contributed by atoms with Gasteiger partial charge in [0.2, 0.25) is 0 Å². The molecule has 0 aliphatic heterocycles. The summed E-state index contributed by atoms with van der Waals surface area (Å²) in [6.45, 7) is 3.88. The smallest absolute Gasteiger partial charge is 0.250 e. The third-order valence-electron chi connectivity index (χ3n) is 5.82. The Morgan fingerprint density at radius 1 is 1.29 bits per heavy atom. The first-order valence-corrected chi connectivity index (χ1v) is 9.89. The lowest BCUT2D eigenvalue weighted by molar-refractivity contribution is -0.118. The Labute approximate surface area is 147 Å². The van der Waals surface area contributed by atoms with Crippen LogP contribution in [-0.2, 0) is 4.79 Å². The van der Waals surface area contributed by atoms with E-state index in [1.165, 1.54) is 43.2 Å². The van der Waals surface area contributed by atoms with Crippen molar-refractivity contribution in [1.82, 2.24) is 15.4 Å². The van der Waals surface area contributed by atoms with Crippen molar-refractivity contribution in [1.29, 1.82) is 0 Å². The third-order valence-corrected chi connectivity index (χ3v) is 6.67. The van der Waals surface area contributed by atoms with Crippen LogP contribution in [0.25, 0.3) is 0 Å². The summed E-state index contributed by atoms with van der Waals surface area (Å²) in [4.78, 5) is 20.8. The molecule has 3 fully saturated rings. The van der Waals surface area contributed by atoms with Gasteiger partial charge in [0.05, 0.1) is 5.75 Å². The van der Waals surface area contributed by atoms with Crippen molar-refractivity contribution >= 4 is 23.4 Å². The summed E-state index contributed by atoms with van der Waals surface area (Å²) in [6.07, 6.45) is 6.56. The van der Waals surface area contributed by atoms with Crippen LogP contribution in [0.4, 0.5) is 0 Å². The number of rotatable bonds is 4. The number of nitrogens with zero attached hydrogens (tertiary/aromatic N) is 3. The average molecular weight is 344 g/mol. The van der Waals surface area contributed by atoms with Gasteiger partial charge < -0.3 is 0 Å². The highest BCUT2D eigenvalue weighted by atomic mass is 32.2. The van der Waals surface area contributed by atoms with E-state index in [9.17, 15) is 4.79 Å². The molecule has 0 aromatic carbocycles. The zero-order chi connectivity index (χ0) is 16.7. The van der Waals surface area contributed by atoms with Crippen molar-refractivity contribution in [2.45, 2.75) is 51.1 Å². The zero-order valence-corrected chi connectivity index (χ0v) is 15.1. The van der Waals surface area contributed by atoms with Crippen LogP contribution in [0, 0.1) is 37.5 Å². The van der Waals surface area contributed by atoms with E-state index in [1.807, 2.05) is 19.9 Å². The number of nitrogens with one attached hydrogen (secondary N) is 1. The van der Waals surface area contributed by atoms with Gasteiger partial charge in [0.1, 0.15) is 0 Å². The van der Waals surface area contributed by atoms with Gasteiger partial charge in [-0.15, -0.1) is 0 Å². The quantitative estimate of drug-likeness (QED) is 0.518. The first-order chi connectivity index (χ1) is 11.6. The molecule has 6 heteroatoms. The van der Waals surface area contributed by atoms with Crippen LogP contribution < -0.4 is 5.43 Å². The molecule has 3 aliphatic carbocycles. The second-order valence-corrected chi connectivity index (χ2v) is 8.37. The van der Waals surface area contributed by atoms with Crippen LogP contribution in [0.1, 0.15) is 43.5 Å². The molecule has 1 aromatic rings. The molecular weight excluding hydrogens is 320 g/mol. The Bertz CT molecular complexity index is 669. The summed E-state index contributed by atoms with van der Waals surface area (Å²) in [6, 6.07) is 1.93. The Balaban J connectivity index is 1.31. The number of amides is 1. The summed E-state index contributed by atoms with van der Waals surface area (Å²) < 4.78 is 0. The molecule has 1 N–H and O–H groups in total. The molecule has 4 unspecified atom stereocenters. The van der Waals surface area contributed by atoms with E-state index in [0.717, 1.165) is 35.6 Å². The highest BCUT2D eigenvalue weighted by molar-refractivity contribution is 7.99. The van der Waals surface area contributed by atoms with Gasteiger partial charge in [-0.05, 0) is 63.4 Å². The van der Waals surface area contributed by atoms with E-state index < -0.39 is 0 Å². The van der Waals surface area contributed by atoms with Crippen molar-refractivity contribution < 1.29 is 4.79 Å². The number of thioether (sulfide) groups is 1. The van der Waals surface area contributed by atoms with Crippen LogP contribution in [0.2, 0.25) is 0 Å². The van der Waals surface area contributed by atoms with E-state index in [1.54, 1.807) is 0 Å². The highest BCUT2D eigenvalue weighted by Crippen LogP contribution is 2.57. The van der Waals surface area contributed by atoms with Crippen molar-refractivity contribution in [2.24, 2.45) is 28.8 Å². The molecule has 2 bridgehead atoms. The van der Waals surface area contributed by atoms with E-state index in [4.69, 9.17) is 0 Å².